The summed E-state index contributed by atoms with van der Waals surface area (Å²) in [5, 5.41) is 26.1. The molecule has 158 valence electrons. The molecule has 0 unspecified atom stereocenters. The molecule has 0 fully saturated rings. The number of nitriles is 1. The molecule has 9 nitrogen and oxygen atoms in total. The molecule has 4 aromatic rings. The number of methoxy groups -OCH3 is 1. The zero-order valence-corrected chi connectivity index (χ0v) is 17.4. The number of non-ortho nitro benzene ring substituents is 1. The Hall–Kier alpha value is -4.49. The van der Waals surface area contributed by atoms with Gasteiger partial charge < -0.3 is 14.5 Å². The van der Waals surface area contributed by atoms with Gasteiger partial charge in [-0.2, -0.15) is 5.26 Å². The number of benzene rings is 2. The van der Waals surface area contributed by atoms with Crippen molar-refractivity contribution in [1.29, 1.82) is 5.26 Å². The lowest BCUT2D eigenvalue weighted by Gasteiger charge is -2.07. The number of hydrogen-bond acceptors (Lipinski definition) is 9. The van der Waals surface area contributed by atoms with Gasteiger partial charge in [-0.1, -0.05) is 12.1 Å². The first kappa shape index (κ1) is 20.8. The van der Waals surface area contributed by atoms with Gasteiger partial charge in [-0.15, -0.1) is 11.3 Å². The van der Waals surface area contributed by atoms with Crippen molar-refractivity contribution in [2.75, 3.05) is 12.4 Å². The fourth-order valence-electron chi connectivity index (χ4n) is 2.98. The van der Waals surface area contributed by atoms with E-state index < -0.39 is 10.5 Å². The third-order valence-corrected chi connectivity index (χ3v) is 5.41. The molecular weight excluding hydrogens is 432 g/mol. The summed E-state index contributed by atoms with van der Waals surface area (Å²) >= 11 is 1.18. The summed E-state index contributed by atoms with van der Waals surface area (Å²) in [5.41, 5.74) is 0.884. The van der Waals surface area contributed by atoms with Crippen LogP contribution in [0.1, 0.15) is 5.01 Å². The van der Waals surface area contributed by atoms with Gasteiger partial charge in [-0.25, -0.2) is 9.78 Å². The number of allylic oxidation sites excluding steroid dienone is 1. The number of nitrogens with zero attached hydrogens (tertiary/aromatic N) is 3. The number of para-hydroxylation sites is 2. The third-order valence-electron chi connectivity index (χ3n) is 4.54. The van der Waals surface area contributed by atoms with E-state index in [4.69, 9.17) is 9.15 Å². The van der Waals surface area contributed by atoms with E-state index in [0.29, 0.717) is 27.5 Å². The molecule has 4 rings (SSSR count). The van der Waals surface area contributed by atoms with Crippen molar-refractivity contribution in [2.45, 2.75) is 0 Å². The average Bonchev–Trinajstić information content (AvgIpc) is 3.28. The Morgan fingerprint density at radius 3 is 2.88 bits per heavy atom. The van der Waals surface area contributed by atoms with Crippen LogP contribution in [-0.4, -0.2) is 17.0 Å². The second-order valence-electron chi connectivity index (χ2n) is 6.48. The number of anilines is 1. The second kappa shape index (κ2) is 8.71. The number of nitro benzene ring substituents is 1. The van der Waals surface area contributed by atoms with Gasteiger partial charge in [-0.05, 0) is 24.3 Å². The highest BCUT2D eigenvalue weighted by atomic mass is 32.1. The van der Waals surface area contributed by atoms with Crippen LogP contribution in [0.5, 0.6) is 5.75 Å². The van der Waals surface area contributed by atoms with Crippen LogP contribution in [0.3, 0.4) is 0 Å². The van der Waals surface area contributed by atoms with Crippen LogP contribution in [0, 0.1) is 21.4 Å². The molecule has 0 radical (unpaired) electrons. The smallest absolute Gasteiger partial charge is 0.345 e. The van der Waals surface area contributed by atoms with E-state index in [9.17, 15) is 20.2 Å². The quantitative estimate of drug-likeness (QED) is 0.193. The summed E-state index contributed by atoms with van der Waals surface area (Å²) in [5.74, 6) is 0.615. The van der Waals surface area contributed by atoms with E-state index in [2.05, 4.69) is 16.4 Å². The maximum absolute atomic E-state index is 12.4. The molecule has 0 aliphatic heterocycles. The molecule has 2 aromatic heterocycles. The first-order valence-electron chi connectivity index (χ1n) is 9.18. The van der Waals surface area contributed by atoms with Crippen molar-refractivity contribution in [3.05, 3.63) is 85.7 Å². The monoisotopic (exact) mass is 446 g/mol. The maximum atomic E-state index is 12.4. The van der Waals surface area contributed by atoms with E-state index in [0.717, 1.165) is 0 Å². The lowest BCUT2D eigenvalue weighted by atomic mass is 10.1. The third kappa shape index (κ3) is 4.05. The van der Waals surface area contributed by atoms with E-state index in [1.54, 1.807) is 24.6 Å². The van der Waals surface area contributed by atoms with E-state index in [-0.39, 0.29) is 22.4 Å². The number of aromatic nitrogens is 1. The largest absolute Gasteiger partial charge is 0.495 e. The zero-order chi connectivity index (χ0) is 22.7. The first-order chi connectivity index (χ1) is 15.5. The lowest BCUT2D eigenvalue weighted by Crippen LogP contribution is -2.03. The molecule has 0 saturated heterocycles. The van der Waals surface area contributed by atoms with Crippen LogP contribution in [0.25, 0.3) is 27.8 Å². The number of fused-ring (bicyclic) bond motifs is 1. The number of nitro groups is 1. The van der Waals surface area contributed by atoms with Gasteiger partial charge in [0.2, 0.25) is 0 Å². The highest BCUT2D eigenvalue weighted by molar-refractivity contribution is 7.11. The fraction of sp³-hybridized carbons (Fsp3) is 0.0455. The molecule has 0 aliphatic carbocycles. The van der Waals surface area contributed by atoms with Gasteiger partial charge in [0, 0.05) is 29.1 Å². The standard InChI is InChI=1S/C22H14N4O5S/c1-30-20-5-3-2-4-17(20)24-11-14(10-23)21-25-18(12-32-21)16-9-13-8-15(26(28)29)6-7-19(13)31-22(16)27/h2-9,11-12,24H,1H3. The summed E-state index contributed by atoms with van der Waals surface area (Å²) in [4.78, 5) is 27.3. The zero-order valence-electron chi connectivity index (χ0n) is 16.6. The Kier molecular flexibility index (Phi) is 5.65. The lowest BCUT2D eigenvalue weighted by molar-refractivity contribution is -0.384. The predicted octanol–water partition coefficient (Wildman–Crippen LogP) is 4.81. The van der Waals surface area contributed by atoms with Crippen LogP contribution >= 0.6 is 11.3 Å². The topological polar surface area (TPSA) is 131 Å². The number of ether oxygens (including phenoxy) is 1. The molecule has 0 aliphatic rings. The van der Waals surface area contributed by atoms with Crippen molar-refractivity contribution >= 4 is 39.3 Å². The molecule has 2 aromatic carbocycles. The van der Waals surface area contributed by atoms with Gasteiger partial charge >= 0.3 is 5.63 Å². The van der Waals surface area contributed by atoms with E-state index in [1.807, 2.05) is 12.1 Å². The van der Waals surface area contributed by atoms with Gasteiger partial charge in [0.05, 0.1) is 29.0 Å². The van der Waals surface area contributed by atoms with Crippen molar-refractivity contribution in [3.63, 3.8) is 0 Å². The molecule has 10 heteroatoms. The Labute approximate surface area is 185 Å². The number of rotatable bonds is 6. The minimum atomic E-state index is -0.627. The first-order valence-corrected chi connectivity index (χ1v) is 10.1. The van der Waals surface area contributed by atoms with Gasteiger partial charge in [0.1, 0.15) is 28.0 Å². The van der Waals surface area contributed by atoms with Gasteiger partial charge in [0.15, 0.2) is 0 Å². The molecule has 0 spiro atoms. The van der Waals surface area contributed by atoms with Crippen molar-refractivity contribution in [2.24, 2.45) is 0 Å². The summed E-state index contributed by atoms with van der Waals surface area (Å²) in [6.45, 7) is 0. The molecule has 0 amide bonds. The van der Waals surface area contributed by atoms with Crippen LogP contribution in [0.2, 0.25) is 0 Å². The van der Waals surface area contributed by atoms with Crippen molar-refractivity contribution in [3.8, 4) is 23.1 Å². The molecule has 0 bridgehead atoms. The SMILES string of the molecule is COc1ccccc1NC=C(C#N)c1nc(-c2cc3cc([N+](=O)[O-])ccc3oc2=O)cs1. The summed E-state index contributed by atoms with van der Waals surface area (Å²) in [6, 6.07) is 14.8. The Morgan fingerprint density at radius 1 is 1.31 bits per heavy atom. The predicted molar refractivity (Wildman–Crippen MR) is 120 cm³/mol. The molecule has 0 saturated carbocycles. The van der Waals surface area contributed by atoms with Crippen LogP contribution in [0.4, 0.5) is 11.4 Å². The summed E-state index contributed by atoms with van der Waals surface area (Å²) in [7, 11) is 1.55. The Balaban J connectivity index is 1.68. The normalized spacial score (nSPS) is 11.2. The van der Waals surface area contributed by atoms with Crippen LogP contribution < -0.4 is 15.7 Å². The van der Waals surface area contributed by atoms with Crippen molar-refractivity contribution in [1.82, 2.24) is 4.98 Å². The average molecular weight is 446 g/mol. The van der Waals surface area contributed by atoms with Crippen molar-refractivity contribution < 1.29 is 14.1 Å². The minimum absolute atomic E-state index is 0.117. The molecule has 32 heavy (non-hydrogen) atoms. The Morgan fingerprint density at radius 2 is 2.12 bits per heavy atom. The van der Waals surface area contributed by atoms with Gasteiger partial charge in [-0.3, -0.25) is 10.1 Å². The molecule has 1 N–H and O–H groups in total. The van der Waals surface area contributed by atoms with Crippen LogP contribution in [-0.2, 0) is 0 Å². The molecule has 2 heterocycles. The highest BCUT2D eigenvalue weighted by Crippen LogP contribution is 2.29. The number of thiazole rings is 1. The molecular formula is C22H14N4O5S. The minimum Gasteiger partial charge on any atom is -0.495 e. The van der Waals surface area contributed by atoms with Crippen LogP contribution in [0.15, 0.2) is 69.3 Å². The van der Waals surface area contributed by atoms with E-state index in [1.165, 1.54) is 41.8 Å². The molecule has 0 atom stereocenters. The Bertz CT molecular complexity index is 1470. The second-order valence-corrected chi connectivity index (χ2v) is 7.34. The van der Waals surface area contributed by atoms with E-state index >= 15 is 0 Å². The summed E-state index contributed by atoms with van der Waals surface area (Å²) in [6.07, 6.45) is 1.51. The number of hydrogen-bond donors (Lipinski definition) is 1. The number of nitrogens with one attached hydrogen (secondary N) is 1. The highest BCUT2D eigenvalue weighted by Gasteiger charge is 2.15. The summed E-state index contributed by atoms with van der Waals surface area (Å²) < 4.78 is 10.6. The van der Waals surface area contributed by atoms with Gasteiger partial charge in [0.25, 0.3) is 5.69 Å². The maximum Gasteiger partial charge on any atom is 0.345 e. The fourth-order valence-corrected chi connectivity index (χ4v) is 3.77.